The fourth-order valence-electron chi connectivity index (χ4n) is 0.430. The lowest BCUT2D eigenvalue weighted by Gasteiger charge is -2.04. The molecule has 5 nitrogen and oxygen atoms in total. The van der Waals surface area contributed by atoms with Crippen LogP contribution in [0.15, 0.2) is 24.8 Å². The van der Waals surface area contributed by atoms with Crippen LogP contribution in [-0.4, -0.2) is 15.8 Å². The Labute approximate surface area is 69.6 Å². The monoisotopic (exact) mass is 192 g/mol. The van der Waals surface area contributed by atoms with Gasteiger partial charge in [0.05, 0.1) is 0 Å². The average molecular weight is 192 g/mol. The van der Waals surface area contributed by atoms with Gasteiger partial charge in [-0.2, -0.15) is 0 Å². The molecule has 0 radical (unpaired) electrons. The van der Waals surface area contributed by atoms with Crippen LogP contribution >= 0.6 is 7.82 Å². The normalized spacial score (nSPS) is 10.5. The Morgan fingerprint density at radius 1 is 1.58 bits per heavy atom. The summed E-state index contributed by atoms with van der Waals surface area (Å²) < 4.78 is 13.9. The zero-order chi connectivity index (χ0) is 9.78. The molecule has 12 heavy (non-hydrogen) atoms. The molecule has 0 aliphatic rings. The largest absolute Gasteiger partial charge is 0.527 e. The second-order valence-electron chi connectivity index (χ2n) is 1.97. The number of allylic oxidation sites excluding steroid dienone is 1. The van der Waals surface area contributed by atoms with Crippen LogP contribution in [0.25, 0.3) is 0 Å². The third kappa shape index (κ3) is 4.85. The van der Waals surface area contributed by atoms with E-state index in [2.05, 4.69) is 17.7 Å². The molecule has 0 rings (SSSR count). The van der Waals surface area contributed by atoms with Crippen LogP contribution in [0.5, 0.6) is 0 Å². The molecule has 0 aliphatic heterocycles. The molecule has 2 N–H and O–H groups in total. The fourth-order valence-corrected chi connectivity index (χ4v) is 0.775. The smallest absolute Gasteiger partial charge is 0.367 e. The lowest BCUT2D eigenvalue weighted by atomic mass is 10.2. The minimum Gasteiger partial charge on any atom is -0.367 e. The number of carbonyl (C=O) groups is 1. The molecule has 0 heterocycles. The number of phosphoric ester groups is 1. The van der Waals surface area contributed by atoms with Crippen LogP contribution in [0.1, 0.15) is 6.42 Å². The first-order valence-corrected chi connectivity index (χ1v) is 4.48. The molecule has 0 atom stereocenters. The van der Waals surface area contributed by atoms with E-state index in [0.29, 0.717) is 0 Å². The van der Waals surface area contributed by atoms with Crippen molar-refractivity contribution in [3.05, 3.63) is 24.8 Å². The lowest BCUT2D eigenvalue weighted by molar-refractivity contribution is -0.131. The van der Waals surface area contributed by atoms with Crippen LogP contribution in [0.4, 0.5) is 0 Å². The van der Waals surface area contributed by atoms with E-state index in [1.165, 1.54) is 6.08 Å². The summed E-state index contributed by atoms with van der Waals surface area (Å²) in [4.78, 5) is 27.1. The molecule has 68 valence electrons. The van der Waals surface area contributed by atoms with Gasteiger partial charge in [-0.05, 0) is 6.42 Å². The fraction of sp³-hybridized carbons (Fsp3) is 0.167. The first kappa shape index (κ1) is 11.1. The van der Waals surface area contributed by atoms with Crippen molar-refractivity contribution >= 4 is 13.8 Å². The summed E-state index contributed by atoms with van der Waals surface area (Å²) in [5.74, 6) is -1.11. The first-order chi connectivity index (χ1) is 5.37. The van der Waals surface area contributed by atoms with E-state index in [9.17, 15) is 9.36 Å². The van der Waals surface area contributed by atoms with Crippen molar-refractivity contribution in [3.8, 4) is 0 Å². The maximum atomic E-state index is 10.7. The Bertz CT molecular complexity index is 251. The molecule has 0 fully saturated rings. The predicted molar refractivity (Wildman–Crippen MR) is 42.1 cm³/mol. The van der Waals surface area contributed by atoms with Gasteiger partial charge in [0.2, 0.25) is 0 Å². The van der Waals surface area contributed by atoms with Gasteiger partial charge in [-0.1, -0.05) is 12.7 Å². The lowest BCUT2D eigenvalue weighted by Crippen LogP contribution is -2.04. The summed E-state index contributed by atoms with van der Waals surface area (Å²) in [6.07, 6.45) is 1.52. The number of hydrogen-bond acceptors (Lipinski definition) is 3. The molecule has 0 saturated heterocycles. The minimum absolute atomic E-state index is 0.0478. The topological polar surface area (TPSA) is 83.8 Å². The van der Waals surface area contributed by atoms with E-state index in [4.69, 9.17) is 9.79 Å². The highest BCUT2D eigenvalue weighted by Crippen LogP contribution is 2.36. The molecule has 0 unspecified atom stereocenters. The molecular formula is C6H9O5P. The molecule has 0 aliphatic carbocycles. The van der Waals surface area contributed by atoms with Gasteiger partial charge >= 0.3 is 13.8 Å². The number of phosphoric acid groups is 1. The van der Waals surface area contributed by atoms with Crippen molar-refractivity contribution in [1.82, 2.24) is 0 Å². The average Bonchev–Trinajstić information content (AvgIpc) is 1.84. The first-order valence-electron chi connectivity index (χ1n) is 2.95. The van der Waals surface area contributed by atoms with Crippen molar-refractivity contribution < 1.29 is 23.7 Å². The second-order valence-corrected chi connectivity index (χ2v) is 3.13. The van der Waals surface area contributed by atoms with Crippen LogP contribution in [-0.2, 0) is 13.9 Å². The SMILES string of the molecule is C=CCC(=C)C(=O)OP(=O)(O)O. The van der Waals surface area contributed by atoms with Gasteiger partial charge in [0.25, 0.3) is 0 Å². The molecular weight excluding hydrogens is 183 g/mol. The number of rotatable bonds is 4. The summed E-state index contributed by atoms with van der Waals surface area (Å²) in [5.41, 5.74) is -0.0478. The van der Waals surface area contributed by atoms with Gasteiger partial charge in [-0.25, -0.2) is 9.36 Å². The van der Waals surface area contributed by atoms with Crippen LogP contribution in [0, 0.1) is 0 Å². The summed E-state index contributed by atoms with van der Waals surface area (Å²) in [6, 6.07) is 0. The summed E-state index contributed by atoms with van der Waals surface area (Å²) in [6.45, 7) is 6.56. The van der Waals surface area contributed by atoms with Crippen LogP contribution < -0.4 is 0 Å². The maximum absolute atomic E-state index is 10.7. The molecule has 0 amide bonds. The Morgan fingerprint density at radius 3 is 2.42 bits per heavy atom. The van der Waals surface area contributed by atoms with E-state index in [1.54, 1.807) is 0 Å². The maximum Gasteiger partial charge on any atom is 0.527 e. The highest BCUT2D eigenvalue weighted by atomic mass is 31.2. The minimum atomic E-state index is -4.74. The zero-order valence-electron chi connectivity index (χ0n) is 6.27. The molecule has 0 spiro atoms. The summed E-state index contributed by atoms with van der Waals surface area (Å²) in [7, 11) is -4.74. The molecule has 0 saturated carbocycles. The molecule has 0 bridgehead atoms. The van der Waals surface area contributed by atoms with E-state index < -0.39 is 13.8 Å². The summed E-state index contributed by atoms with van der Waals surface area (Å²) >= 11 is 0. The highest BCUT2D eigenvalue weighted by molar-refractivity contribution is 7.46. The standard InChI is InChI=1S/C6H9O5P/c1-3-4-5(2)6(7)11-12(8,9)10/h3H,1-2,4H2,(H2,8,9,10). The summed E-state index contributed by atoms with van der Waals surface area (Å²) in [5, 5.41) is 0. The van der Waals surface area contributed by atoms with Crippen molar-refractivity contribution in [2.75, 3.05) is 0 Å². The molecule has 6 heteroatoms. The Morgan fingerprint density at radius 2 is 2.08 bits per heavy atom. The van der Waals surface area contributed by atoms with E-state index in [0.717, 1.165) is 0 Å². The van der Waals surface area contributed by atoms with Gasteiger partial charge in [0.15, 0.2) is 0 Å². The van der Waals surface area contributed by atoms with E-state index >= 15 is 0 Å². The molecule has 0 aromatic carbocycles. The Kier molecular flexibility index (Phi) is 3.89. The highest BCUT2D eigenvalue weighted by Gasteiger charge is 2.21. The van der Waals surface area contributed by atoms with E-state index in [1.807, 2.05) is 0 Å². The quantitative estimate of drug-likeness (QED) is 0.390. The molecule has 0 aromatic heterocycles. The van der Waals surface area contributed by atoms with Crippen molar-refractivity contribution in [1.29, 1.82) is 0 Å². The Balaban J connectivity index is 4.14. The van der Waals surface area contributed by atoms with Gasteiger partial charge < -0.3 is 4.52 Å². The van der Waals surface area contributed by atoms with Crippen molar-refractivity contribution in [2.45, 2.75) is 6.42 Å². The van der Waals surface area contributed by atoms with Gasteiger partial charge in [-0.3, -0.25) is 9.79 Å². The van der Waals surface area contributed by atoms with Crippen molar-refractivity contribution in [2.24, 2.45) is 0 Å². The van der Waals surface area contributed by atoms with Gasteiger partial charge in [0.1, 0.15) is 0 Å². The predicted octanol–water partition coefficient (Wildman–Crippen LogP) is 0.755. The second kappa shape index (κ2) is 4.21. The van der Waals surface area contributed by atoms with Crippen molar-refractivity contribution in [3.63, 3.8) is 0 Å². The number of hydrogen-bond donors (Lipinski definition) is 2. The van der Waals surface area contributed by atoms with Gasteiger partial charge in [0, 0.05) is 5.57 Å². The third-order valence-electron chi connectivity index (χ3n) is 0.881. The van der Waals surface area contributed by atoms with Crippen LogP contribution in [0.2, 0.25) is 0 Å². The van der Waals surface area contributed by atoms with Crippen LogP contribution in [0.3, 0.4) is 0 Å². The van der Waals surface area contributed by atoms with E-state index in [-0.39, 0.29) is 12.0 Å². The molecule has 0 aromatic rings. The third-order valence-corrected chi connectivity index (χ3v) is 1.28. The Hall–Kier alpha value is -0.900. The zero-order valence-corrected chi connectivity index (χ0v) is 7.16. The van der Waals surface area contributed by atoms with Gasteiger partial charge in [-0.15, -0.1) is 6.58 Å². The number of carbonyl (C=O) groups excluding carboxylic acids is 1.